The van der Waals surface area contributed by atoms with E-state index < -0.39 is 28.3 Å². The van der Waals surface area contributed by atoms with Gasteiger partial charge in [-0.05, 0) is 74.1 Å². The predicted molar refractivity (Wildman–Crippen MR) is 198 cm³/mol. The Morgan fingerprint density at radius 2 is 1.62 bits per heavy atom. The Morgan fingerprint density at radius 1 is 0.962 bits per heavy atom. The van der Waals surface area contributed by atoms with E-state index in [2.05, 4.69) is 38.8 Å². The highest BCUT2D eigenvalue weighted by molar-refractivity contribution is 8.22. The molecule has 282 valence electrons. The molecule has 0 radical (unpaired) electrons. The van der Waals surface area contributed by atoms with Crippen molar-refractivity contribution in [1.29, 1.82) is 0 Å². The molecule has 0 bridgehead atoms. The Hall–Kier alpha value is -4.64. The number of hydrogen-bond acceptors (Lipinski definition) is 11. The second-order valence-electron chi connectivity index (χ2n) is 14.1. The molecule has 0 aliphatic carbocycles. The molecule has 0 amide bonds. The zero-order chi connectivity index (χ0) is 37.9. The zero-order valence-corrected chi connectivity index (χ0v) is 31.4. The molecule has 53 heavy (non-hydrogen) atoms. The van der Waals surface area contributed by atoms with Crippen molar-refractivity contribution in [1.82, 2.24) is 34.3 Å². The Balaban J connectivity index is 1.20. The van der Waals surface area contributed by atoms with Gasteiger partial charge < -0.3 is 19.7 Å². The van der Waals surface area contributed by atoms with E-state index in [1.807, 2.05) is 45.0 Å². The van der Waals surface area contributed by atoms with Crippen LogP contribution >= 0.6 is 10.8 Å². The Morgan fingerprint density at radius 3 is 2.26 bits per heavy atom. The number of aromatic nitrogens is 6. The van der Waals surface area contributed by atoms with E-state index in [9.17, 15) is 24.1 Å². The Labute approximate surface area is 310 Å². The molecule has 1 aliphatic heterocycles. The number of fused-ring (bicyclic) bond motifs is 1. The summed E-state index contributed by atoms with van der Waals surface area (Å²) in [4.78, 5) is 12.9. The molecule has 14 nitrogen and oxygen atoms in total. The van der Waals surface area contributed by atoms with Crippen LogP contribution in [0, 0.1) is 19.3 Å². The molecule has 0 saturated heterocycles. The van der Waals surface area contributed by atoms with Crippen LogP contribution in [-0.2, 0) is 42.4 Å². The third-order valence-corrected chi connectivity index (χ3v) is 11.4. The molecule has 4 N–H and O–H groups in total. The van der Waals surface area contributed by atoms with Crippen molar-refractivity contribution in [2.45, 2.75) is 91.0 Å². The molecule has 5 aromatic rings. The SMILES string of the molecule is CC[C@@H]1CN(Cc2cc(C(OCc3cn(Cc4cc(C)cc(Cn5cc(CO)nn5)c4)nn3)C(C)(C)C(=O)O)ccc2C)S(O)(O)c2ccccc2O1. The quantitative estimate of drug-likeness (QED) is 0.102. The smallest absolute Gasteiger partial charge is 0.312 e. The van der Waals surface area contributed by atoms with Gasteiger partial charge in [-0.1, -0.05) is 71.4 Å². The first-order valence-electron chi connectivity index (χ1n) is 17.5. The van der Waals surface area contributed by atoms with E-state index in [4.69, 9.17) is 9.47 Å². The lowest BCUT2D eigenvalue weighted by Gasteiger charge is -2.42. The van der Waals surface area contributed by atoms with Gasteiger partial charge in [0.15, 0.2) is 0 Å². The van der Waals surface area contributed by atoms with Crippen LogP contribution in [0.2, 0.25) is 0 Å². The van der Waals surface area contributed by atoms with Crippen molar-refractivity contribution >= 4 is 16.7 Å². The Kier molecular flexibility index (Phi) is 11.3. The third-order valence-electron chi connectivity index (χ3n) is 9.51. The number of aliphatic hydroxyl groups excluding tert-OH is 1. The summed E-state index contributed by atoms with van der Waals surface area (Å²) in [6, 6.07) is 18.9. The number of aryl methyl sites for hydroxylation is 2. The van der Waals surface area contributed by atoms with Crippen LogP contribution in [0.5, 0.6) is 5.75 Å². The number of rotatable bonds is 14. The van der Waals surface area contributed by atoms with Gasteiger partial charge >= 0.3 is 5.97 Å². The summed E-state index contributed by atoms with van der Waals surface area (Å²) in [7, 11) is -3.39. The molecular formula is C38H47N7O7S. The first-order chi connectivity index (χ1) is 25.3. The van der Waals surface area contributed by atoms with Crippen molar-refractivity contribution in [2.75, 3.05) is 6.54 Å². The van der Waals surface area contributed by atoms with Crippen molar-refractivity contribution < 1.29 is 33.6 Å². The van der Waals surface area contributed by atoms with Crippen LogP contribution in [0.4, 0.5) is 0 Å². The summed E-state index contributed by atoms with van der Waals surface area (Å²) in [5.41, 5.74) is 5.21. The van der Waals surface area contributed by atoms with Gasteiger partial charge in [0.1, 0.15) is 28.1 Å². The van der Waals surface area contributed by atoms with Crippen LogP contribution in [-0.4, -0.2) is 72.2 Å². The lowest BCUT2D eigenvalue weighted by Crippen LogP contribution is -2.35. The molecule has 0 saturated carbocycles. The summed E-state index contributed by atoms with van der Waals surface area (Å²) >= 11 is 0. The van der Waals surface area contributed by atoms with Gasteiger partial charge in [0.2, 0.25) is 0 Å². The molecule has 2 aromatic heterocycles. The first-order valence-corrected chi connectivity index (χ1v) is 19.0. The number of para-hydroxylation sites is 1. The maximum absolute atomic E-state index is 12.6. The minimum Gasteiger partial charge on any atom is -0.487 e. The van der Waals surface area contributed by atoms with Gasteiger partial charge in [-0.3, -0.25) is 13.9 Å². The van der Waals surface area contributed by atoms with Crippen LogP contribution in [0.1, 0.15) is 78.1 Å². The van der Waals surface area contributed by atoms with Gasteiger partial charge in [-0.15, -0.1) is 21.0 Å². The summed E-state index contributed by atoms with van der Waals surface area (Å²) in [6.45, 7) is 10.5. The standard InChI is InChI=1S/C38H47N7O7S/c1-6-33-22-45(53(49,50)35-10-8-7-9-34(35)52-33)19-30-16-29(12-11-26(30)3)36(38(4,5)37(47)48)51-24-32-21-44(42-40-32)18-28-14-25(2)13-27(15-28)17-43-20-31(23-46)39-41-43/h7-16,20-21,33,36,46,49-50H,6,17-19,22-24H2,1-5H3,(H,47,48)/t33-,36?/m1/s1. The normalized spacial score (nSPS) is 17.1. The fourth-order valence-electron chi connectivity index (χ4n) is 6.52. The summed E-state index contributed by atoms with van der Waals surface area (Å²) in [5.74, 6) is -0.561. The average molecular weight is 746 g/mol. The van der Waals surface area contributed by atoms with Gasteiger partial charge in [0.05, 0.1) is 56.8 Å². The fourth-order valence-corrected chi connectivity index (χ4v) is 8.14. The highest BCUT2D eigenvalue weighted by atomic mass is 32.3. The summed E-state index contributed by atoms with van der Waals surface area (Å²) in [6.07, 6.45) is 3.05. The number of carboxylic acids is 1. The van der Waals surface area contributed by atoms with E-state index in [1.54, 1.807) is 58.1 Å². The first kappa shape index (κ1) is 38.1. The number of nitrogens with zero attached hydrogens (tertiary/aromatic N) is 7. The molecule has 0 fully saturated rings. The predicted octanol–water partition coefficient (Wildman–Crippen LogP) is 6.14. The van der Waals surface area contributed by atoms with Crippen LogP contribution in [0.25, 0.3) is 0 Å². The molecule has 15 heteroatoms. The number of aliphatic hydroxyl groups is 1. The summed E-state index contributed by atoms with van der Waals surface area (Å²) in [5, 5.41) is 36.3. The number of hydrogen-bond donors (Lipinski definition) is 4. The Bertz CT molecular complexity index is 2060. The minimum atomic E-state index is -3.39. The highest BCUT2D eigenvalue weighted by Gasteiger charge is 2.40. The molecule has 1 aliphatic rings. The van der Waals surface area contributed by atoms with Crippen molar-refractivity contribution in [2.24, 2.45) is 5.41 Å². The van der Waals surface area contributed by atoms with Crippen molar-refractivity contribution in [3.63, 3.8) is 0 Å². The molecule has 0 spiro atoms. The van der Waals surface area contributed by atoms with E-state index in [-0.39, 0.29) is 25.9 Å². The fraction of sp³-hybridized carbons (Fsp3) is 0.395. The molecule has 2 atom stereocenters. The molecule has 1 unspecified atom stereocenters. The van der Waals surface area contributed by atoms with Crippen LogP contribution in [0.15, 0.2) is 78.0 Å². The van der Waals surface area contributed by atoms with Crippen LogP contribution < -0.4 is 4.74 Å². The van der Waals surface area contributed by atoms with Gasteiger partial charge in [-0.25, -0.2) is 9.36 Å². The van der Waals surface area contributed by atoms with Crippen LogP contribution in [0.3, 0.4) is 0 Å². The van der Waals surface area contributed by atoms with Gasteiger partial charge in [0, 0.05) is 6.54 Å². The maximum Gasteiger partial charge on any atom is 0.312 e. The van der Waals surface area contributed by atoms with E-state index in [1.165, 1.54) is 0 Å². The third kappa shape index (κ3) is 8.61. The zero-order valence-electron chi connectivity index (χ0n) is 30.6. The van der Waals surface area contributed by atoms with E-state index >= 15 is 0 Å². The van der Waals surface area contributed by atoms with Crippen molar-refractivity contribution in [3.8, 4) is 5.75 Å². The number of aliphatic carboxylic acids is 1. The van der Waals surface area contributed by atoms with Gasteiger partial charge in [0.25, 0.3) is 0 Å². The number of benzene rings is 3. The molecule has 3 heterocycles. The highest BCUT2D eigenvalue weighted by Crippen LogP contribution is 2.57. The minimum absolute atomic E-state index is 0.0160. The van der Waals surface area contributed by atoms with Gasteiger partial charge in [-0.2, -0.15) is 4.31 Å². The number of carboxylic acid groups (broad SMARTS) is 1. The van der Waals surface area contributed by atoms with Crippen molar-refractivity contribution in [3.05, 3.63) is 118 Å². The number of carbonyl (C=O) groups is 1. The molecular weight excluding hydrogens is 699 g/mol. The molecule has 3 aromatic carbocycles. The monoisotopic (exact) mass is 745 g/mol. The second-order valence-corrected chi connectivity index (χ2v) is 16.1. The lowest BCUT2D eigenvalue weighted by atomic mass is 9.81. The maximum atomic E-state index is 12.6. The topological polar surface area (TPSA) is 181 Å². The average Bonchev–Trinajstić information content (AvgIpc) is 3.75. The van der Waals surface area contributed by atoms with E-state index in [0.29, 0.717) is 53.7 Å². The summed E-state index contributed by atoms with van der Waals surface area (Å²) < 4.78 is 40.7. The lowest BCUT2D eigenvalue weighted by molar-refractivity contribution is -0.158. The number of ether oxygens (including phenoxy) is 2. The second kappa shape index (κ2) is 15.8. The van der Waals surface area contributed by atoms with E-state index in [0.717, 1.165) is 27.8 Å². The molecule has 6 rings (SSSR count). The largest absolute Gasteiger partial charge is 0.487 e.